The molecule has 3 rings (SSSR count). The highest BCUT2D eigenvalue weighted by Gasteiger charge is 2.21. The molecule has 2 aromatic rings. The third-order valence-electron chi connectivity index (χ3n) is 6.00. The maximum atomic E-state index is 5.39. The summed E-state index contributed by atoms with van der Waals surface area (Å²) in [4.78, 5) is 9.38. The lowest BCUT2D eigenvalue weighted by Gasteiger charge is -2.39. The molecule has 1 atom stereocenters. The molecule has 1 aliphatic rings. The number of ether oxygens (including phenoxy) is 2. The number of benzene rings is 2. The van der Waals surface area contributed by atoms with Crippen LogP contribution in [0.2, 0.25) is 0 Å². The molecule has 0 saturated carbocycles. The van der Waals surface area contributed by atoms with Crippen molar-refractivity contribution in [3.63, 3.8) is 0 Å². The van der Waals surface area contributed by atoms with Gasteiger partial charge in [0.15, 0.2) is 17.5 Å². The largest absolute Gasteiger partial charge is 0.493 e. The quantitative estimate of drug-likeness (QED) is 0.463. The van der Waals surface area contributed by atoms with E-state index in [4.69, 9.17) is 9.47 Å². The molecule has 0 amide bonds. The van der Waals surface area contributed by atoms with Gasteiger partial charge in [0.2, 0.25) is 0 Å². The normalized spacial score (nSPS) is 15.9. The summed E-state index contributed by atoms with van der Waals surface area (Å²) in [5, 5.41) is 6.89. The molecule has 0 aromatic heterocycles. The number of para-hydroxylation sites is 1. The van der Waals surface area contributed by atoms with Gasteiger partial charge in [-0.2, -0.15) is 0 Å². The zero-order valence-corrected chi connectivity index (χ0v) is 19.8. The predicted octanol–water partition coefficient (Wildman–Crippen LogP) is 2.62. The van der Waals surface area contributed by atoms with Crippen LogP contribution in [0.15, 0.2) is 53.5 Å². The SMILES string of the molecule is CN=C(NCCc1ccc(OC)c(OC)c1)NCC(C)N1CCN(c2ccccc2)CC1. The molecule has 0 bridgehead atoms. The van der Waals surface area contributed by atoms with Crippen molar-refractivity contribution in [2.24, 2.45) is 4.99 Å². The molecule has 1 saturated heterocycles. The Balaban J connectivity index is 1.39. The first-order valence-electron chi connectivity index (χ1n) is 11.3. The van der Waals surface area contributed by atoms with E-state index in [2.05, 4.69) is 68.7 Å². The minimum atomic E-state index is 0.442. The number of nitrogens with zero attached hydrogens (tertiary/aromatic N) is 3. The molecule has 1 aliphatic heterocycles. The summed E-state index contributed by atoms with van der Waals surface area (Å²) >= 11 is 0. The Labute approximate surface area is 192 Å². The molecule has 0 spiro atoms. The second-order valence-corrected chi connectivity index (χ2v) is 8.03. The molecule has 7 nitrogen and oxygen atoms in total. The van der Waals surface area contributed by atoms with Gasteiger partial charge in [0.25, 0.3) is 0 Å². The van der Waals surface area contributed by atoms with Crippen LogP contribution in [0.1, 0.15) is 12.5 Å². The zero-order valence-electron chi connectivity index (χ0n) is 19.8. The van der Waals surface area contributed by atoms with Gasteiger partial charge < -0.3 is 25.0 Å². The summed E-state index contributed by atoms with van der Waals surface area (Å²) in [6.07, 6.45) is 0.873. The van der Waals surface area contributed by atoms with E-state index in [9.17, 15) is 0 Å². The van der Waals surface area contributed by atoms with Gasteiger partial charge in [-0.25, -0.2) is 0 Å². The topological polar surface area (TPSA) is 61.4 Å². The van der Waals surface area contributed by atoms with E-state index in [1.807, 2.05) is 19.2 Å². The number of hydrogen-bond acceptors (Lipinski definition) is 5. The smallest absolute Gasteiger partial charge is 0.191 e. The first-order valence-corrected chi connectivity index (χ1v) is 11.3. The highest BCUT2D eigenvalue weighted by Crippen LogP contribution is 2.27. The molecule has 32 heavy (non-hydrogen) atoms. The molecule has 2 aromatic carbocycles. The zero-order chi connectivity index (χ0) is 22.8. The van der Waals surface area contributed by atoms with Crippen molar-refractivity contribution in [1.82, 2.24) is 15.5 Å². The average Bonchev–Trinajstić information content (AvgIpc) is 2.86. The van der Waals surface area contributed by atoms with Crippen LogP contribution in [0.25, 0.3) is 0 Å². The van der Waals surface area contributed by atoms with E-state index in [1.165, 1.54) is 11.3 Å². The maximum Gasteiger partial charge on any atom is 0.191 e. The first kappa shape index (κ1) is 23.7. The minimum Gasteiger partial charge on any atom is -0.493 e. The van der Waals surface area contributed by atoms with Crippen molar-refractivity contribution in [1.29, 1.82) is 0 Å². The van der Waals surface area contributed by atoms with Crippen molar-refractivity contribution >= 4 is 11.6 Å². The summed E-state index contributed by atoms with van der Waals surface area (Å²) in [6, 6.07) is 17.1. The Morgan fingerprint density at radius 3 is 2.34 bits per heavy atom. The van der Waals surface area contributed by atoms with Gasteiger partial charge in [-0.1, -0.05) is 24.3 Å². The van der Waals surface area contributed by atoms with Crippen LogP contribution in [-0.4, -0.2) is 77.4 Å². The van der Waals surface area contributed by atoms with Gasteiger partial charge in [0.05, 0.1) is 14.2 Å². The fraction of sp³-hybridized carbons (Fsp3) is 0.480. The van der Waals surface area contributed by atoms with Crippen LogP contribution in [0.5, 0.6) is 11.5 Å². The summed E-state index contributed by atoms with van der Waals surface area (Å²) in [6.45, 7) is 8.20. The van der Waals surface area contributed by atoms with Crippen molar-refractivity contribution < 1.29 is 9.47 Å². The Bertz CT molecular complexity index is 851. The Hall–Kier alpha value is -2.93. The molecular weight excluding hydrogens is 402 g/mol. The van der Waals surface area contributed by atoms with Gasteiger partial charge in [-0.05, 0) is 43.2 Å². The van der Waals surface area contributed by atoms with Crippen molar-refractivity contribution in [2.75, 3.05) is 65.4 Å². The van der Waals surface area contributed by atoms with Crippen LogP contribution in [-0.2, 0) is 6.42 Å². The van der Waals surface area contributed by atoms with Crippen LogP contribution in [0, 0.1) is 0 Å². The second kappa shape index (κ2) is 12.2. The third kappa shape index (κ3) is 6.53. The Morgan fingerprint density at radius 1 is 0.969 bits per heavy atom. The van der Waals surface area contributed by atoms with Crippen molar-refractivity contribution in [3.05, 3.63) is 54.1 Å². The number of hydrogen-bond donors (Lipinski definition) is 2. The molecule has 0 radical (unpaired) electrons. The van der Waals surface area contributed by atoms with Crippen LogP contribution >= 0.6 is 0 Å². The molecule has 7 heteroatoms. The monoisotopic (exact) mass is 439 g/mol. The number of guanidine groups is 1. The van der Waals surface area contributed by atoms with Gasteiger partial charge in [-0.3, -0.25) is 9.89 Å². The Kier molecular flexibility index (Phi) is 9.04. The van der Waals surface area contributed by atoms with E-state index >= 15 is 0 Å². The van der Waals surface area contributed by atoms with E-state index < -0.39 is 0 Å². The second-order valence-electron chi connectivity index (χ2n) is 8.03. The fourth-order valence-corrected chi connectivity index (χ4v) is 4.02. The summed E-state index contributed by atoms with van der Waals surface area (Å²) < 4.78 is 10.7. The summed E-state index contributed by atoms with van der Waals surface area (Å²) in [5.74, 6) is 2.34. The number of nitrogens with one attached hydrogen (secondary N) is 2. The molecule has 0 aliphatic carbocycles. The predicted molar refractivity (Wildman–Crippen MR) is 132 cm³/mol. The van der Waals surface area contributed by atoms with Gasteiger partial charge in [0, 0.05) is 58.0 Å². The lowest BCUT2D eigenvalue weighted by Crippen LogP contribution is -2.53. The number of methoxy groups -OCH3 is 2. The van der Waals surface area contributed by atoms with Gasteiger partial charge in [0.1, 0.15) is 0 Å². The standard InChI is InChI=1S/C25H37N5O2/c1-20(29-14-16-30(17-15-29)22-8-6-5-7-9-22)19-28-25(26-2)27-13-12-21-10-11-23(31-3)24(18-21)32-4/h5-11,18,20H,12-17,19H2,1-4H3,(H2,26,27,28). The molecular formula is C25H37N5O2. The average molecular weight is 440 g/mol. The molecule has 1 unspecified atom stereocenters. The Morgan fingerprint density at radius 2 is 1.69 bits per heavy atom. The number of anilines is 1. The van der Waals surface area contributed by atoms with Crippen LogP contribution < -0.4 is 25.0 Å². The first-order chi connectivity index (χ1) is 15.6. The minimum absolute atomic E-state index is 0.442. The molecule has 174 valence electrons. The van der Waals surface area contributed by atoms with Crippen molar-refractivity contribution in [3.8, 4) is 11.5 Å². The summed E-state index contributed by atoms with van der Waals surface area (Å²) in [7, 11) is 5.13. The highest BCUT2D eigenvalue weighted by molar-refractivity contribution is 5.79. The number of piperazine rings is 1. The molecule has 1 fully saturated rings. The summed E-state index contributed by atoms with van der Waals surface area (Å²) in [5.41, 5.74) is 2.51. The lowest BCUT2D eigenvalue weighted by atomic mass is 10.1. The van der Waals surface area contributed by atoms with Crippen LogP contribution in [0.4, 0.5) is 5.69 Å². The van der Waals surface area contributed by atoms with E-state index in [0.717, 1.165) is 63.1 Å². The third-order valence-corrected chi connectivity index (χ3v) is 6.00. The lowest BCUT2D eigenvalue weighted by molar-refractivity contribution is 0.197. The maximum absolute atomic E-state index is 5.39. The van der Waals surface area contributed by atoms with E-state index in [-0.39, 0.29) is 0 Å². The number of rotatable bonds is 9. The van der Waals surface area contributed by atoms with E-state index in [1.54, 1.807) is 14.2 Å². The molecule has 2 N–H and O–H groups in total. The van der Waals surface area contributed by atoms with Crippen LogP contribution in [0.3, 0.4) is 0 Å². The van der Waals surface area contributed by atoms with Gasteiger partial charge >= 0.3 is 0 Å². The highest BCUT2D eigenvalue weighted by atomic mass is 16.5. The molecule has 1 heterocycles. The van der Waals surface area contributed by atoms with Crippen molar-refractivity contribution in [2.45, 2.75) is 19.4 Å². The van der Waals surface area contributed by atoms with Gasteiger partial charge in [-0.15, -0.1) is 0 Å². The fourth-order valence-electron chi connectivity index (χ4n) is 4.02. The van der Waals surface area contributed by atoms with E-state index in [0.29, 0.717) is 6.04 Å². The number of aliphatic imine (C=N–C) groups is 1.